The van der Waals surface area contributed by atoms with Gasteiger partial charge >= 0.3 is 0 Å². The van der Waals surface area contributed by atoms with E-state index in [1.807, 2.05) is 0 Å². The monoisotopic (exact) mass is 668 g/mol. The van der Waals surface area contributed by atoms with E-state index in [1.165, 1.54) is 42.6 Å². The van der Waals surface area contributed by atoms with Gasteiger partial charge in [-0.1, -0.05) is 158 Å². The number of hydrogen-bond acceptors (Lipinski definition) is 1. The van der Waals surface area contributed by atoms with Crippen LogP contribution in [0.4, 0.5) is 17.1 Å². The molecule has 0 bridgehead atoms. The molecule has 1 heterocycles. The van der Waals surface area contributed by atoms with Gasteiger partial charge in [0.2, 0.25) is 0 Å². The van der Waals surface area contributed by atoms with Gasteiger partial charge in [0.05, 0.1) is 11.0 Å². The lowest BCUT2D eigenvalue weighted by atomic mass is 10.1. The SMILES string of the molecule is c1ccc(N(c2ccccc2)c2cccc([Si](c3ccccc3)(c3ccccc3)c3cccc4c3c3ccccc3n4-c3ccccc3)c2)cc1. The molecule has 0 saturated heterocycles. The van der Waals surface area contributed by atoms with Crippen LogP contribution in [-0.4, -0.2) is 12.6 Å². The molecule has 3 heteroatoms. The Morgan fingerprint density at radius 3 is 1.41 bits per heavy atom. The van der Waals surface area contributed by atoms with Crippen LogP contribution in [0.2, 0.25) is 0 Å². The largest absolute Gasteiger partial charge is 0.311 e. The summed E-state index contributed by atoms with van der Waals surface area (Å²) in [5.41, 5.74) is 6.97. The van der Waals surface area contributed by atoms with Crippen molar-refractivity contribution in [2.75, 3.05) is 4.90 Å². The lowest BCUT2D eigenvalue weighted by Crippen LogP contribution is -2.74. The first-order chi connectivity index (χ1) is 25.3. The zero-order chi connectivity index (χ0) is 34.0. The Morgan fingerprint density at radius 1 is 0.353 bits per heavy atom. The van der Waals surface area contributed by atoms with Crippen LogP contribution in [0.5, 0.6) is 0 Å². The second-order valence-corrected chi connectivity index (χ2v) is 16.7. The van der Waals surface area contributed by atoms with Crippen LogP contribution in [-0.2, 0) is 0 Å². The zero-order valence-corrected chi connectivity index (χ0v) is 29.2. The van der Waals surface area contributed by atoms with Gasteiger partial charge in [-0.2, -0.15) is 0 Å². The molecule has 0 unspecified atom stereocenters. The highest BCUT2D eigenvalue weighted by Gasteiger charge is 2.43. The summed E-state index contributed by atoms with van der Waals surface area (Å²) in [5, 5.41) is 7.99. The van der Waals surface area contributed by atoms with Gasteiger partial charge in [0, 0.05) is 33.5 Å². The lowest BCUT2D eigenvalue weighted by Gasteiger charge is -2.36. The Labute approximate surface area is 300 Å². The van der Waals surface area contributed by atoms with E-state index in [0.717, 1.165) is 22.7 Å². The molecule has 0 spiro atoms. The summed E-state index contributed by atoms with van der Waals surface area (Å²) < 4.78 is 2.44. The van der Waals surface area contributed by atoms with Gasteiger partial charge in [-0.05, 0) is 81.4 Å². The van der Waals surface area contributed by atoms with E-state index in [-0.39, 0.29) is 0 Å². The number of rotatable bonds is 8. The highest BCUT2D eigenvalue weighted by atomic mass is 28.3. The molecule has 2 nitrogen and oxygen atoms in total. The summed E-state index contributed by atoms with van der Waals surface area (Å²) in [6.07, 6.45) is 0. The predicted molar refractivity (Wildman–Crippen MR) is 219 cm³/mol. The van der Waals surface area contributed by atoms with Crippen molar-refractivity contribution in [3.8, 4) is 5.69 Å². The van der Waals surface area contributed by atoms with Crippen LogP contribution in [0, 0.1) is 0 Å². The number of hydrogen-bond donors (Lipinski definition) is 0. The van der Waals surface area contributed by atoms with Crippen LogP contribution in [0.15, 0.2) is 218 Å². The molecular formula is C48H36N2Si. The summed E-state index contributed by atoms with van der Waals surface area (Å²) in [7, 11) is -2.99. The van der Waals surface area contributed by atoms with Crippen molar-refractivity contribution in [1.82, 2.24) is 4.57 Å². The molecule has 8 aromatic carbocycles. The van der Waals surface area contributed by atoms with Crippen molar-refractivity contribution in [2.24, 2.45) is 0 Å². The Bertz CT molecular complexity index is 2490. The van der Waals surface area contributed by atoms with Gasteiger partial charge in [-0.15, -0.1) is 0 Å². The first-order valence-electron chi connectivity index (χ1n) is 17.5. The smallest absolute Gasteiger partial charge is 0.180 e. The van der Waals surface area contributed by atoms with E-state index >= 15 is 0 Å². The van der Waals surface area contributed by atoms with Gasteiger partial charge in [0.1, 0.15) is 0 Å². The van der Waals surface area contributed by atoms with Gasteiger partial charge in [-0.3, -0.25) is 0 Å². The van der Waals surface area contributed by atoms with E-state index < -0.39 is 8.07 Å². The summed E-state index contributed by atoms with van der Waals surface area (Å²) in [4.78, 5) is 2.38. The van der Waals surface area contributed by atoms with E-state index in [4.69, 9.17) is 0 Å². The van der Waals surface area contributed by atoms with E-state index in [9.17, 15) is 0 Å². The molecule has 0 fully saturated rings. The van der Waals surface area contributed by atoms with Crippen molar-refractivity contribution in [2.45, 2.75) is 0 Å². The average molecular weight is 669 g/mol. The van der Waals surface area contributed by atoms with Crippen molar-refractivity contribution in [3.63, 3.8) is 0 Å². The predicted octanol–water partition coefficient (Wildman–Crippen LogP) is 9.63. The van der Waals surface area contributed by atoms with Gasteiger partial charge in [0.15, 0.2) is 8.07 Å². The van der Waals surface area contributed by atoms with Crippen LogP contribution in [0.25, 0.3) is 27.5 Å². The molecule has 0 saturated carbocycles. The molecule has 0 N–H and O–H groups in total. The minimum absolute atomic E-state index is 1.13. The van der Waals surface area contributed by atoms with Gasteiger partial charge < -0.3 is 9.47 Å². The van der Waals surface area contributed by atoms with E-state index in [2.05, 4.69) is 228 Å². The van der Waals surface area contributed by atoms with Crippen LogP contribution in [0.3, 0.4) is 0 Å². The number of fused-ring (bicyclic) bond motifs is 3. The van der Waals surface area contributed by atoms with Gasteiger partial charge in [-0.25, -0.2) is 0 Å². The third-order valence-corrected chi connectivity index (χ3v) is 14.9. The molecule has 0 amide bonds. The zero-order valence-electron chi connectivity index (χ0n) is 28.2. The Hall–Kier alpha value is -6.42. The molecule has 0 aliphatic rings. The summed E-state index contributed by atoms with van der Waals surface area (Å²) in [6, 6.07) is 79.9. The molecule has 51 heavy (non-hydrogen) atoms. The van der Waals surface area contributed by atoms with Crippen molar-refractivity contribution in [1.29, 1.82) is 0 Å². The number of benzene rings is 8. The number of para-hydroxylation sites is 4. The number of anilines is 3. The highest BCUT2D eigenvalue weighted by molar-refractivity contribution is 7.20. The molecular weight excluding hydrogens is 633 g/mol. The molecule has 0 aliphatic heterocycles. The Kier molecular flexibility index (Phi) is 7.88. The average Bonchev–Trinajstić information content (AvgIpc) is 3.56. The summed E-state index contributed by atoms with van der Waals surface area (Å²) in [5.74, 6) is 0. The molecule has 242 valence electrons. The Morgan fingerprint density at radius 2 is 0.804 bits per heavy atom. The Balaban J connectivity index is 1.41. The molecule has 9 aromatic rings. The number of aromatic nitrogens is 1. The minimum Gasteiger partial charge on any atom is -0.311 e. The van der Waals surface area contributed by atoms with Gasteiger partial charge in [0.25, 0.3) is 0 Å². The maximum atomic E-state index is 2.46. The summed E-state index contributed by atoms with van der Waals surface area (Å²) >= 11 is 0. The molecule has 9 rings (SSSR count). The topological polar surface area (TPSA) is 8.17 Å². The van der Waals surface area contributed by atoms with Crippen molar-refractivity contribution >= 4 is 67.7 Å². The van der Waals surface area contributed by atoms with Crippen molar-refractivity contribution < 1.29 is 0 Å². The third-order valence-electron chi connectivity index (χ3n) is 10.1. The molecule has 0 radical (unpaired) electrons. The maximum Gasteiger partial charge on any atom is 0.180 e. The minimum atomic E-state index is -2.99. The number of nitrogens with zero attached hydrogens (tertiary/aromatic N) is 2. The van der Waals surface area contributed by atoms with E-state index in [1.54, 1.807) is 0 Å². The first-order valence-corrected chi connectivity index (χ1v) is 19.5. The quantitative estimate of drug-likeness (QED) is 0.116. The summed E-state index contributed by atoms with van der Waals surface area (Å²) in [6.45, 7) is 0. The second kappa shape index (κ2) is 13.1. The van der Waals surface area contributed by atoms with Crippen LogP contribution >= 0.6 is 0 Å². The first kappa shape index (κ1) is 30.6. The maximum absolute atomic E-state index is 2.99. The van der Waals surface area contributed by atoms with Crippen LogP contribution < -0.4 is 25.6 Å². The fourth-order valence-corrected chi connectivity index (χ4v) is 13.0. The normalized spacial score (nSPS) is 11.5. The fraction of sp³-hybridized carbons (Fsp3) is 0. The lowest BCUT2D eigenvalue weighted by molar-refractivity contribution is 1.18. The molecule has 1 aromatic heterocycles. The standard InChI is InChI=1S/C48H36N2Si/c1-6-20-37(21-7-1)49(38-22-8-2-9-23-38)40-26-18-31-43(36-40)51(41-27-12-4-13-28-41,42-29-14-5-15-30-42)47-35-19-34-46-48(47)44-32-16-17-33-45(44)50(46)39-24-10-3-11-25-39/h1-36H. The fourth-order valence-electron chi connectivity index (χ4n) is 8.01. The third kappa shape index (κ3) is 5.18. The molecule has 0 aliphatic carbocycles. The van der Waals surface area contributed by atoms with E-state index in [0.29, 0.717) is 0 Å². The second-order valence-electron chi connectivity index (χ2n) is 12.9. The molecule has 0 atom stereocenters. The van der Waals surface area contributed by atoms with Crippen LogP contribution in [0.1, 0.15) is 0 Å². The van der Waals surface area contributed by atoms with Crippen molar-refractivity contribution in [3.05, 3.63) is 218 Å². The highest BCUT2D eigenvalue weighted by Crippen LogP contribution is 2.35.